The number of carbonyl (C=O) groups is 1. The molecule has 0 saturated heterocycles. The molecule has 0 radical (unpaired) electrons. The third-order valence-corrected chi connectivity index (χ3v) is 6.64. The number of nitrogens with one attached hydrogen (secondary N) is 1. The smallest absolute Gasteiger partial charge is 0.226 e. The lowest BCUT2D eigenvalue weighted by Crippen LogP contribution is -2.61. The zero-order valence-corrected chi connectivity index (χ0v) is 12.8. The van der Waals surface area contributed by atoms with Gasteiger partial charge in [0.05, 0.1) is 17.6 Å². The van der Waals surface area contributed by atoms with E-state index in [0.717, 1.165) is 38.0 Å². The summed E-state index contributed by atoms with van der Waals surface area (Å²) < 4.78 is 0. The van der Waals surface area contributed by atoms with E-state index in [-0.39, 0.29) is 23.5 Å². The van der Waals surface area contributed by atoms with Crippen molar-refractivity contribution in [2.45, 2.75) is 70.8 Å². The minimum Gasteiger partial charge on any atom is -0.394 e. The van der Waals surface area contributed by atoms with Gasteiger partial charge in [0.1, 0.15) is 0 Å². The summed E-state index contributed by atoms with van der Waals surface area (Å²) in [5.74, 6) is 1.00. The molecule has 5 aliphatic carbocycles. The van der Waals surface area contributed by atoms with Crippen LogP contribution in [0.2, 0.25) is 0 Å². The van der Waals surface area contributed by atoms with Crippen molar-refractivity contribution in [1.29, 1.82) is 0 Å². The molecule has 1 amide bonds. The van der Waals surface area contributed by atoms with Gasteiger partial charge in [-0.15, -0.1) is 0 Å². The molecule has 5 aliphatic rings. The molecule has 5 rings (SSSR count). The monoisotopic (exact) mass is 277 g/mol. The maximum Gasteiger partial charge on any atom is 0.226 e. The maximum absolute atomic E-state index is 13.0. The van der Waals surface area contributed by atoms with Crippen LogP contribution in [0.25, 0.3) is 0 Å². The molecule has 5 saturated carbocycles. The fraction of sp³-hybridized carbons (Fsp3) is 0.941. The maximum atomic E-state index is 13.0. The van der Waals surface area contributed by atoms with Crippen LogP contribution in [0.5, 0.6) is 0 Å². The Balaban J connectivity index is 1.62. The van der Waals surface area contributed by atoms with Crippen molar-refractivity contribution in [2.75, 3.05) is 6.61 Å². The van der Waals surface area contributed by atoms with E-state index in [1.54, 1.807) is 0 Å². The Morgan fingerprint density at radius 3 is 2.15 bits per heavy atom. The van der Waals surface area contributed by atoms with Crippen LogP contribution in [0.3, 0.4) is 0 Å². The number of aliphatic hydroxyl groups excluding tert-OH is 1. The van der Waals surface area contributed by atoms with E-state index in [4.69, 9.17) is 0 Å². The number of hydrogen-bond donors (Lipinski definition) is 2. The second-order valence-electron chi connectivity index (χ2n) is 9.30. The fourth-order valence-electron chi connectivity index (χ4n) is 6.55. The average Bonchev–Trinajstić information content (AvgIpc) is 3.04. The Kier molecular flexibility index (Phi) is 2.36. The lowest BCUT2D eigenvalue weighted by Gasteiger charge is -2.64. The first-order valence-corrected chi connectivity index (χ1v) is 8.24. The van der Waals surface area contributed by atoms with Crippen molar-refractivity contribution in [2.24, 2.45) is 22.2 Å². The highest BCUT2D eigenvalue weighted by Crippen LogP contribution is 2.69. The lowest BCUT2D eigenvalue weighted by molar-refractivity contribution is -0.171. The Labute approximate surface area is 121 Å². The lowest BCUT2D eigenvalue weighted by atomic mass is 9.40. The van der Waals surface area contributed by atoms with Gasteiger partial charge in [0.15, 0.2) is 0 Å². The summed E-state index contributed by atoms with van der Waals surface area (Å²) in [6, 6.07) is 0. The van der Waals surface area contributed by atoms with Gasteiger partial charge in [-0.25, -0.2) is 0 Å². The number of amides is 1. The van der Waals surface area contributed by atoms with Crippen LogP contribution >= 0.6 is 0 Å². The zero-order valence-electron chi connectivity index (χ0n) is 12.8. The molecule has 2 atom stereocenters. The number of aliphatic hydroxyl groups is 1. The Morgan fingerprint density at radius 1 is 1.10 bits per heavy atom. The number of hydrogen-bond acceptors (Lipinski definition) is 2. The normalized spacial score (nSPS) is 51.0. The first-order chi connectivity index (χ1) is 9.30. The van der Waals surface area contributed by atoms with Gasteiger partial charge < -0.3 is 10.4 Å². The van der Waals surface area contributed by atoms with E-state index < -0.39 is 0 Å². The summed E-state index contributed by atoms with van der Waals surface area (Å²) >= 11 is 0. The molecule has 3 heteroatoms. The number of carbonyl (C=O) groups excluding carboxylic acids is 1. The standard InChI is InChI=1S/C17H27NO2/c1-14-5-12-6-15(2,8-14)10-16(7-12,9-14)13(20)18-17(11-19)3-4-17/h12,19H,3-11H2,1-2H3,(H,18,20). The van der Waals surface area contributed by atoms with Gasteiger partial charge in [-0.1, -0.05) is 13.8 Å². The van der Waals surface area contributed by atoms with Crippen LogP contribution in [-0.2, 0) is 4.79 Å². The molecule has 0 aromatic heterocycles. The minimum absolute atomic E-state index is 0.104. The molecular formula is C17H27NO2. The Bertz CT molecular complexity index is 450. The highest BCUT2D eigenvalue weighted by Gasteiger charge is 2.63. The van der Waals surface area contributed by atoms with Gasteiger partial charge in [-0.2, -0.15) is 0 Å². The summed E-state index contributed by atoms with van der Waals surface area (Å²) in [6.07, 6.45) is 9.07. The van der Waals surface area contributed by atoms with E-state index in [0.29, 0.717) is 10.8 Å². The van der Waals surface area contributed by atoms with Crippen LogP contribution in [0.1, 0.15) is 65.2 Å². The second-order valence-corrected chi connectivity index (χ2v) is 9.30. The molecule has 0 heterocycles. The van der Waals surface area contributed by atoms with Gasteiger partial charge in [0, 0.05) is 0 Å². The third-order valence-electron chi connectivity index (χ3n) is 6.64. The minimum atomic E-state index is -0.262. The molecule has 20 heavy (non-hydrogen) atoms. The van der Waals surface area contributed by atoms with Crippen molar-refractivity contribution >= 4 is 5.91 Å². The average molecular weight is 277 g/mol. The van der Waals surface area contributed by atoms with Gasteiger partial charge in [0.25, 0.3) is 0 Å². The molecule has 2 N–H and O–H groups in total. The van der Waals surface area contributed by atoms with E-state index in [1.807, 2.05) is 0 Å². The first kappa shape index (κ1) is 13.1. The molecule has 4 bridgehead atoms. The van der Waals surface area contributed by atoms with Gasteiger partial charge in [-0.3, -0.25) is 4.79 Å². The molecule has 3 nitrogen and oxygen atoms in total. The fourth-order valence-corrected chi connectivity index (χ4v) is 6.55. The molecule has 0 aromatic carbocycles. The molecule has 0 spiro atoms. The van der Waals surface area contributed by atoms with E-state index in [2.05, 4.69) is 19.2 Å². The van der Waals surface area contributed by atoms with E-state index in [9.17, 15) is 9.90 Å². The van der Waals surface area contributed by atoms with Gasteiger partial charge in [0.2, 0.25) is 5.91 Å². The quantitative estimate of drug-likeness (QED) is 0.833. The van der Waals surface area contributed by atoms with Crippen molar-refractivity contribution < 1.29 is 9.90 Å². The zero-order chi connectivity index (χ0) is 14.2. The largest absolute Gasteiger partial charge is 0.394 e. The number of rotatable bonds is 3. The molecule has 112 valence electrons. The van der Waals surface area contributed by atoms with E-state index >= 15 is 0 Å². The molecule has 0 aromatic rings. The summed E-state index contributed by atoms with van der Waals surface area (Å²) in [7, 11) is 0. The van der Waals surface area contributed by atoms with Gasteiger partial charge in [-0.05, 0) is 68.1 Å². The highest BCUT2D eigenvalue weighted by atomic mass is 16.3. The summed E-state index contributed by atoms with van der Waals surface area (Å²) in [4.78, 5) is 13.0. The topological polar surface area (TPSA) is 49.3 Å². The second kappa shape index (κ2) is 3.60. The van der Waals surface area contributed by atoms with Crippen LogP contribution < -0.4 is 5.32 Å². The Morgan fingerprint density at radius 2 is 1.70 bits per heavy atom. The summed E-state index contributed by atoms with van der Waals surface area (Å²) in [5, 5.41) is 12.7. The van der Waals surface area contributed by atoms with Crippen LogP contribution in [-0.4, -0.2) is 23.2 Å². The summed E-state index contributed by atoms with van der Waals surface area (Å²) in [5.41, 5.74) is 0.360. The highest BCUT2D eigenvalue weighted by molar-refractivity contribution is 5.84. The van der Waals surface area contributed by atoms with Crippen molar-refractivity contribution in [3.8, 4) is 0 Å². The molecule has 5 fully saturated rings. The SMILES string of the molecule is CC12CC3CC(C)(C1)CC(C(=O)NC1(CO)CC1)(C3)C2. The van der Waals surface area contributed by atoms with E-state index in [1.165, 1.54) is 19.3 Å². The van der Waals surface area contributed by atoms with Crippen molar-refractivity contribution in [3.63, 3.8) is 0 Å². The first-order valence-electron chi connectivity index (χ1n) is 8.24. The van der Waals surface area contributed by atoms with Crippen molar-refractivity contribution in [1.82, 2.24) is 5.32 Å². The molecule has 2 unspecified atom stereocenters. The predicted octanol–water partition coefficient (Wildman–Crippen LogP) is 2.62. The van der Waals surface area contributed by atoms with Crippen molar-refractivity contribution in [3.05, 3.63) is 0 Å². The third kappa shape index (κ3) is 1.78. The van der Waals surface area contributed by atoms with Gasteiger partial charge >= 0.3 is 0 Å². The predicted molar refractivity (Wildman–Crippen MR) is 77.0 cm³/mol. The van der Waals surface area contributed by atoms with Crippen LogP contribution in [0.4, 0.5) is 0 Å². The summed E-state index contributed by atoms with van der Waals surface area (Å²) in [6.45, 7) is 4.90. The Hall–Kier alpha value is -0.570. The molecular weight excluding hydrogens is 250 g/mol. The van der Waals surface area contributed by atoms with Crippen LogP contribution in [0.15, 0.2) is 0 Å². The van der Waals surface area contributed by atoms with Crippen LogP contribution in [0, 0.1) is 22.2 Å². The molecule has 0 aliphatic heterocycles.